The van der Waals surface area contributed by atoms with Gasteiger partial charge < -0.3 is 10.2 Å². The van der Waals surface area contributed by atoms with E-state index in [1.807, 2.05) is 0 Å². The highest BCUT2D eigenvalue weighted by Crippen LogP contribution is 2.30. The predicted molar refractivity (Wildman–Crippen MR) is 57.2 cm³/mol. The molecule has 0 spiro atoms. The van der Waals surface area contributed by atoms with Gasteiger partial charge in [-0.3, -0.25) is 4.79 Å². The fraction of sp³-hybridized carbons (Fsp3) is 0.889. The van der Waals surface area contributed by atoms with E-state index in [0.717, 1.165) is 12.8 Å². The van der Waals surface area contributed by atoms with E-state index in [1.54, 1.807) is 7.05 Å². The van der Waals surface area contributed by atoms with Crippen LogP contribution in [-0.2, 0) is 4.79 Å². The quantitative estimate of drug-likeness (QED) is 0.826. The number of nitrogens with zero attached hydrogens (tertiary/aromatic N) is 1. The standard InChI is InChI=1S/C9H15F3N2OS/c1-13-7-3-2-4-14(8(7)15)5-6-16-9(10,11)12/h7,13H,2-6H2,1H3. The first kappa shape index (κ1) is 13.6. The molecule has 1 N–H and O–H groups in total. The van der Waals surface area contributed by atoms with Gasteiger partial charge in [0.15, 0.2) is 0 Å². The van der Waals surface area contributed by atoms with E-state index in [1.165, 1.54) is 4.90 Å². The highest BCUT2D eigenvalue weighted by molar-refractivity contribution is 8.00. The molecule has 0 aromatic heterocycles. The molecular formula is C9H15F3N2OS. The van der Waals surface area contributed by atoms with Crippen LogP contribution in [0.3, 0.4) is 0 Å². The molecule has 1 unspecified atom stereocenters. The number of carbonyl (C=O) groups excluding carboxylic acids is 1. The molecule has 0 bridgehead atoms. The molecule has 1 fully saturated rings. The summed E-state index contributed by atoms with van der Waals surface area (Å²) in [7, 11) is 1.69. The van der Waals surface area contributed by atoms with E-state index in [2.05, 4.69) is 5.32 Å². The molecule has 7 heteroatoms. The van der Waals surface area contributed by atoms with Crippen molar-refractivity contribution in [2.75, 3.05) is 25.9 Å². The van der Waals surface area contributed by atoms with Crippen LogP contribution in [0, 0.1) is 0 Å². The summed E-state index contributed by atoms with van der Waals surface area (Å²) in [5, 5.41) is 2.87. The number of nitrogens with one attached hydrogen (secondary N) is 1. The Morgan fingerprint density at radius 2 is 2.25 bits per heavy atom. The van der Waals surface area contributed by atoms with Crippen molar-refractivity contribution in [1.82, 2.24) is 10.2 Å². The third-order valence-corrected chi connectivity index (χ3v) is 3.22. The Bertz CT molecular complexity index is 247. The summed E-state index contributed by atoms with van der Waals surface area (Å²) in [4.78, 5) is 13.2. The molecule has 0 aromatic rings. The molecule has 0 saturated carbocycles. The summed E-state index contributed by atoms with van der Waals surface area (Å²) in [5.74, 6) is -0.178. The van der Waals surface area contributed by atoms with Gasteiger partial charge in [-0.2, -0.15) is 13.2 Å². The minimum Gasteiger partial charge on any atom is -0.341 e. The molecule has 1 atom stereocenters. The highest BCUT2D eigenvalue weighted by atomic mass is 32.2. The van der Waals surface area contributed by atoms with E-state index in [9.17, 15) is 18.0 Å². The van der Waals surface area contributed by atoms with E-state index in [-0.39, 0.29) is 36.0 Å². The fourth-order valence-corrected chi connectivity index (χ4v) is 2.24. The maximum atomic E-state index is 11.9. The van der Waals surface area contributed by atoms with E-state index < -0.39 is 5.51 Å². The van der Waals surface area contributed by atoms with Gasteiger partial charge in [-0.25, -0.2) is 0 Å². The maximum Gasteiger partial charge on any atom is 0.441 e. The number of halogens is 3. The molecule has 0 aliphatic carbocycles. The third kappa shape index (κ3) is 4.21. The first-order valence-corrected chi connectivity index (χ1v) is 6.09. The van der Waals surface area contributed by atoms with Gasteiger partial charge in [0.2, 0.25) is 5.91 Å². The van der Waals surface area contributed by atoms with Gasteiger partial charge in [0, 0.05) is 18.8 Å². The summed E-state index contributed by atoms with van der Waals surface area (Å²) in [5.41, 5.74) is -4.21. The molecule has 3 nitrogen and oxygen atoms in total. The average molecular weight is 256 g/mol. The molecule has 1 aliphatic rings. The van der Waals surface area contributed by atoms with E-state index >= 15 is 0 Å². The topological polar surface area (TPSA) is 32.3 Å². The van der Waals surface area contributed by atoms with Gasteiger partial charge in [0.1, 0.15) is 0 Å². The predicted octanol–water partition coefficient (Wildman–Crippen LogP) is 1.45. The summed E-state index contributed by atoms with van der Waals surface area (Å²) < 4.78 is 35.7. The number of likely N-dealkylation sites (N-methyl/N-ethyl adjacent to an activating group) is 1. The number of hydrogen-bond donors (Lipinski definition) is 1. The van der Waals surface area contributed by atoms with Gasteiger partial charge in [-0.05, 0) is 31.7 Å². The summed E-state index contributed by atoms with van der Waals surface area (Å²) in [6.45, 7) is 0.733. The molecule has 1 aliphatic heterocycles. The molecule has 1 heterocycles. The molecule has 16 heavy (non-hydrogen) atoms. The van der Waals surface area contributed by atoms with Crippen LogP contribution in [0.5, 0.6) is 0 Å². The smallest absolute Gasteiger partial charge is 0.341 e. The van der Waals surface area contributed by atoms with Crippen molar-refractivity contribution in [3.05, 3.63) is 0 Å². The van der Waals surface area contributed by atoms with Crippen molar-refractivity contribution in [3.63, 3.8) is 0 Å². The van der Waals surface area contributed by atoms with Crippen LogP contribution >= 0.6 is 11.8 Å². The zero-order valence-corrected chi connectivity index (χ0v) is 9.83. The fourth-order valence-electron chi connectivity index (χ4n) is 1.70. The zero-order chi connectivity index (χ0) is 12.2. The first-order chi connectivity index (χ1) is 7.44. The number of piperidine rings is 1. The lowest BCUT2D eigenvalue weighted by atomic mass is 10.1. The Balaban J connectivity index is 2.33. The average Bonchev–Trinajstić information content (AvgIpc) is 2.19. The number of rotatable bonds is 4. The molecule has 94 valence electrons. The third-order valence-electron chi connectivity index (χ3n) is 2.51. The van der Waals surface area contributed by atoms with Crippen molar-refractivity contribution in [1.29, 1.82) is 0 Å². The molecule has 0 radical (unpaired) electrons. The van der Waals surface area contributed by atoms with Crippen LogP contribution in [-0.4, -0.2) is 48.2 Å². The van der Waals surface area contributed by atoms with Crippen molar-refractivity contribution in [2.45, 2.75) is 24.4 Å². The minimum absolute atomic E-state index is 0.0762. The number of hydrogen-bond acceptors (Lipinski definition) is 3. The van der Waals surface area contributed by atoms with Crippen LogP contribution in [0.4, 0.5) is 13.2 Å². The number of alkyl halides is 3. The van der Waals surface area contributed by atoms with Gasteiger partial charge >= 0.3 is 5.51 Å². The van der Waals surface area contributed by atoms with Gasteiger partial charge in [-0.1, -0.05) is 0 Å². The van der Waals surface area contributed by atoms with Crippen LogP contribution in [0.25, 0.3) is 0 Å². The number of thioether (sulfide) groups is 1. The number of amides is 1. The van der Waals surface area contributed by atoms with Crippen molar-refractivity contribution in [2.24, 2.45) is 0 Å². The second kappa shape index (κ2) is 5.77. The number of carbonyl (C=O) groups is 1. The van der Waals surface area contributed by atoms with Crippen LogP contribution in [0.15, 0.2) is 0 Å². The molecule has 1 amide bonds. The Morgan fingerprint density at radius 3 is 2.81 bits per heavy atom. The minimum atomic E-state index is -4.21. The maximum absolute atomic E-state index is 11.9. The Labute approximate surface area is 96.7 Å². The molecule has 1 saturated heterocycles. The lowest BCUT2D eigenvalue weighted by molar-refractivity contribution is -0.135. The van der Waals surface area contributed by atoms with Gasteiger partial charge in [-0.15, -0.1) is 0 Å². The van der Waals surface area contributed by atoms with Crippen LogP contribution < -0.4 is 5.32 Å². The summed E-state index contributed by atoms with van der Waals surface area (Å²) in [6.07, 6.45) is 1.60. The highest BCUT2D eigenvalue weighted by Gasteiger charge is 2.30. The SMILES string of the molecule is CNC1CCCN(CCSC(F)(F)F)C1=O. The van der Waals surface area contributed by atoms with Crippen LogP contribution in [0.2, 0.25) is 0 Å². The van der Waals surface area contributed by atoms with Gasteiger partial charge in [0.05, 0.1) is 6.04 Å². The molecule has 0 aromatic carbocycles. The Hall–Kier alpha value is -0.430. The van der Waals surface area contributed by atoms with Crippen molar-refractivity contribution < 1.29 is 18.0 Å². The molecule has 1 rings (SSSR count). The summed E-state index contributed by atoms with van der Waals surface area (Å²) in [6, 6.07) is -0.232. The largest absolute Gasteiger partial charge is 0.441 e. The summed E-state index contributed by atoms with van der Waals surface area (Å²) >= 11 is -0.0762. The monoisotopic (exact) mass is 256 g/mol. The lowest BCUT2D eigenvalue weighted by Crippen LogP contribution is -2.50. The second-order valence-electron chi connectivity index (χ2n) is 3.60. The Morgan fingerprint density at radius 1 is 1.56 bits per heavy atom. The van der Waals surface area contributed by atoms with E-state index in [4.69, 9.17) is 0 Å². The zero-order valence-electron chi connectivity index (χ0n) is 9.01. The van der Waals surface area contributed by atoms with Crippen molar-refractivity contribution >= 4 is 17.7 Å². The number of likely N-dealkylation sites (tertiary alicyclic amines) is 1. The second-order valence-corrected chi connectivity index (χ2v) is 4.76. The van der Waals surface area contributed by atoms with E-state index in [0.29, 0.717) is 6.54 Å². The van der Waals surface area contributed by atoms with Gasteiger partial charge in [0.25, 0.3) is 0 Å². The first-order valence-electron chi connectivity index (χ1n) is 5.11. The molecular weight excluding hydrogens is 241 g/mol. The lowest BCUT2D eigenvalue weighted by Gasteiger charge is -2.32. The normalized spacial score (nSPS) is 22.6. The Kier molecular flexibility index (Phi) is 4.91. The van der Waals surface area contributed by atoms with Crippen molar-refractivity contribution in [3.8, 4) is 0 Å². The van der Waals surface area contributed by atoms with Crippen LogP contribution in [0.1, 0.15) is 12.8 Å².